The largest absolute Gasteiger partial charge is 0.366 e. The van der Waals surface area contributed by atoms with Crippen LogP contribution >= 0.6 is 11.6 Å². The van der Waals surface area contributed by atoms with E-state index >= 15 is 0 Å². The molecule has 0 aliphatic carbocycles. The molecule has 0 aromatic heterocycles. The Labute approximate surface area is 146 Å². The first-order valence-corrected chi connectivity index (χ1v) is 8.69. The van der Waals surface area contributed by atoms with Crippen LogP contribution in [0.3, 0.4) is 0 Å². The number of halogens is 1. The van der Waals surface area contributed by atoms with Crippen molar-refractivity contribution in [2.45, 2.75) is 12.5 Å². The molecule has 1 aromatic carbocycles. The molecule has 1 unspecified atom stereocenters. The normalized spacial score (nSPS) is 22.1. The van der Waals surface area contributed by atoms with E-state index in [4.69, 9.17) is 16.3 Å². The summed E-state index contributed by atoms with van der Waals surface area (Å²) in [6, 6.07) is 6.91. The predicted octanol–water partition coefficient (Wildman–Crippen LogP) is 1.00. The molecule has 2 saturated heterocycles. The molecular weight excluding hydrogens is 330 g/mol. The van der Waals surface area contributed by atoms with Crippen molar-refractivity contribution in [2.24, 2.45) is 0 Å². The molecule has 1 N–H and O–H groups in total. The van der Waals surface area contributed by atoms with E-state index in [2.05, 4.69) is 5.32 Å². The summed E-state index contributed by atoms with van der Waals surface area (Å²) in [5.41, 5.74) is 0.624. The molecule has 130 valence electrons. The highest BCUT2D eigenvalue weighted by Crippen LogP contribution is 2.14. The lowest BCUT2D eigenvalue weighted by molar-refractivity contribution is -0.145. The summed E-state index contributed by atoms with van der Waals surface area (Å²) in [6.45, 7) is 4.28. The first-order chi connectivity index (χ1) is 11.6. The lowest BCUT2D eigenvalue weighted by Crippen LogP contribution is -2.50. The third kappa shape index (κ3) is 4.06. The molecule has 0 spiro atoms. The Bertz CT molecular complexity index is 587. The number of nitrogens with zero attached hydrogens (tertiary/aromatic N) is 2. The van der Waals surface area contributed by atoms with Gasteiger partial charge in [-0.05, 0) is 30.7 Å². The molecule has 2 heterocycles. The SMILES string of the molecule is O=C(c1ccc(Cl)cc1)N1CCCN(C(=O)C2CNCCO2)CC1. The van der Waals surface area contributed by atoms with Gasteiger partial charge in [-0.1, -0.05) is 11.6 Å². The van der Waals surface area contributed by atoms with Crippen LogP contribution in [0.15, 0.2) is 24.3 Å². The zero-order valence-electron chi connectivity index (χ0n) is 13.5. The van der Waals surface area contributed by atoms with Crippen LogP contribution in [0.1, 0.15) is 16.8 Å². The van der Waals surface area contributed by atoms with Gasteiger partial charge in [-0.2, -0.15) is 0 Å². The standard InChI is InChI=1S/C17H22ClN3O3/c18-14-4-2-13(3-5-14)16(22)20-7-1-8-21(10-9-20)17(23)15-12-19-6-11-24-15/h2-5,15,19H,1,6-12H2. The van der Waals surface area contributed by atoms with Crippen LogP contribution in [0.2, 0.25) is 5.02 Å². The highest BCUT2D eigenvalue weighted by molar-refractivity contribution is 6.30. The van der Waals surface area contributed by atoms with Crippen molar-refractivity contribution in [3.8, 4) is 0 Å². The number of carbonyl (C=O) groups is 2. The zero-order chi connectivity index (χ0) is 16.9. The Balaban J connectivity index is 1.59. The maximum Gasteiger partial charge on any atom is 0.253 e. The van der Waals surface area contributed by atoms with E-state index in [1.807, 2.05) is 4.90 Å². The summed E-state index contributed by atoms with van der Waals surface area (Å²) in [5, 5.41) is 3.79. The van der Waals surface area contributed by atoms with Crippen molar-refractivity contribution in [3.05, 3.63) is 34.9 Å². The second kappa shape index (κ2) is 7.96. The van der Waals surface area contributed by atoms with E-state index in [0.29, 0.717) is 49.9 Å². The smallest absolute Gasteiger partial charge is 0.253 e. The van der Waals surface area contributed by atoms with Crippen LogP contribution in [0.4, 0.5) is 0 Å². The average molecular weight is 352 g/mol. The Hall–Kier alpha value is -1.63. The minimum absolute atomic E-state index is 0.0167. The monoisotopic (exact) mass is 351 g/mol. The summed E-state index contributed by atoms with van der Waals surface area (Å²) >= 11 is 5.87. The molecule has 6 nitrogen and oxygen atoms in total. The van der Waals surface area contributed by atoms with Crippen molar-refractivity contribution in [2.75, 3.05) is 45.9 Å². The molecule has 2 aliphatic heterocycles. The van der Waals surface area contributed by atoms with Gasteiger partial charge in [-0.25, -0.2) is 0 Å². The lowest BCUT2D eigenvalue weighted by Gasteiger charge is -2.29. The molecule has 7 heteroatoms. The number of hydrogen-bond donors (Lipinski definition) is 1. The predicted molar refractivity (Wildman–Crippen MR) is 91.2 cm³/mol. The molecule has 1 aromatic rings. The fourth-order valence-corrected chi connectivity index (χ4v) is 3.17. The zero-order valence-corrected chi connectivity index (χ0v) is 14.3. The van der Waals surface area contributed by atoms with Crippen LogP contribution in [0.5, 0.6) is 0 Å². The Morgan fingerprint density at radius 3 is 2.50 bits per heavy atom. The van der Waals surface area contributed by atoms with Gasteiger partial charge in [0, 0.05) is 49.9 Å². The van der Waals surface area contributed by atoms with E-state index in [-0.39, 0.29) is 11.8 Å². The van der Waals surface area contributed by atoms with E-state index < -0.39 is 6.10 Å². The van der Waals surface area contributed by atoms with Crippen LogP contribution in [0, 0.1) is 0 Å². The molecule has 3 rings (SSSR count). The molecule has 2 aliphatic rings. The van der Waals surface area contributed by atoms with Gasteiger partial charge in [-0.3, -0.25) is 9.59 Å². The summed E-state index contributed by atoms with van der Waals surface area (Å²) < 4.78 is 5.54. The van der Waals surface area contributed by atoms with Gasteiger partial charge in [0.1, 0.15) is 6.10 Å². The second-order valence-corrected chi connectivity index (χ2v) is 6.48. The van der Waals surface area contributed by atoms with E-state index in [0.717, 1.165) is 13.0 Å². The number of rotatable bonds is 2. The van der Waals surface area contributed by atoms with Gasteiger partial charge in [-0.15, -0.1) is 0 Å². The average Bonchev–Trinajstić information content (AvgIpc) is 2.88. The van der Waals surface area contributed by atoms with Crippen molar-refractivity contribution < 1.29 is 14.3 Å². The van der Waals surface area contributed by atoms with Crippen LogP contribution in [-0.4, -0.2) is 73.6 Å². The van der Waals surface area contributed by atoms with Gasteiger partial charge >= 0.3 is 0 Å². The maximum atomic E-state index is 12.6. The summed E-state index contributed by atoms with van der Waals surface area (Å²) in [5.74, 6) is -0.000425. The fourth-order valence-electron chi connectivity index (χ4n) is 3.04. The quantitative estimate of drug-likeness (QED) is 0.863. The van der Waals surface area contributed by atoms with E-state index in [1.54, 1.807) is 29.2 Å². The molecule has 2 amide bonds. The van der Waals surface area contributed by atoms with Crippen LogP contribution < -0.4 is 5.32 Å². The second-order valence-electron chi connectivity index (χ2n) is 6.04. The van der Waals surface area contributed by atoms with Crippen molar-refractivity contribution >= 4 is 23.4 Å². The number of nitrogens with one attached hydrogen (secondary N) is 1. The lowest BCUT2D eigenvalue weighted by atomic mass is 10.2. The van der Waals surface area contributed by atoms with E-state index in [1.165, 1.54) is 0 Å². The first-order valence-electron chi connectivity index (χ1n) is 8.31. The highest BCUT2D eigenvalue weighted by Gasteiger charge is 2.29. The van der Waals surface area contributed by atoms with Crippen molar-refractivity contribution in [1.82, 2.24) is 15.1 Å². The third-order valence-electron chi connectivity index (χ3n) is 4.39. The molecule has 1 atom stereocenters. The Morgan fingerprint density at radius 2 is 1.79 bits per heavy atom. The minimum Gasteiger partial charge on any atom is -0.366 e. The van der Waals surface area contributed by atoms with Gasteiger partial charge in [0.2, 0.25) is 0 Å². The fraction of sp³-hybridized carbons (Fsp3) is 0.529. The minimum atomic E-state index is -0.405. The highest BCUT2D eigenvalue weighted by atomic mass is 35.5. The molecule has 0 saturated carbocycles. The summed E-state index contributed by atoms with van der Waals surface area (Å²) in [4.78, 5) is 28.7. The number of amides is 2. The van der Waals surface area contributed by atoms with Gasteiger partial charge in [0.25, 0.3) is 11.8 Å². The molecular formula is C17H22ClN3O3. The number of ether oxygens (including phenoxy) is 1. The Kier molecular flexibility index (Phi) is 5.71. The maximum absolute atomic E-state index is 12.6. The number of benzene rings is 1. The third-order valence-corrected chi connectivity index (χ3v) is 4.64. The molecule has 0 bridgehead atoms. The van der Waals surface area contributed by atoms with Crippen LogP contribution in [-0.2, 0) is 9.53 Å². The van der Waals surface area contributed by atoms with Gasteiger partial charge in [0.15, 0.2) is 0 Å². The van der Waals surface area contributed by atoms with Gasteiger partial charge < -0.3 is 19.9 Å². The topological polar surface area (TPSA) is 61.9 Å². The molecule has 24 heavy (non-hydrogen) atoms. The summed E-state index contributed by atoms with van der Waals surface area (Å²) in [6.07, 6.45) is 0.364. The van der Waals surface area contributed by atoms with E-state index in [9.17, 15) is 9.59 Å². The van der Waals surface area contributed by atoms with Crippen LogP contribution in [0.25, 0.3) is 0 Å². The van der Waals surface area contributed by atoms with Crippen molar-refractivity contribution in [3.63, 3.8) is 0 Å². The number of morpholine rings is 1. The first kappa shape index (κ1) is 17.2. The Morgan fingerprint density at radius 1 is 1.08 bits per heavy atom. The van der Waals surface area contributed by atoms with Crippen molar-refractivity contribution in [1.29, 1.82) is 0 Å². The molecule has 0 radical (unpaired) electrons. The summed E-state index contributed by atoms with van der Waals surface area (Å²) in [7, 11) is 0. The number of carbonyl (C=O) groups excluding carboxylic acids is 2. The van der Waals surface area contributed by atoms with Gasteiger partial charge in [0.05, 0.1) is 6.61 Å². The number of hydrogen-bond acceptors (Lipinski definition) is 4. The molecule has 2 fully saturated rings.